The smallest absolute Gasteiger partial charge is 0.194 e. The first-order valence-corrected chi connectivity index (χ1v) is 10.0. The number of hydrogen-bond acceptors (Lipinski definition) is 4. The van der Waals surface area contributed by atoms with E-state index in [1.165, 1.54) is 6.33 Å². The van der Waals surface area contributed by atoms with E-state index in [9.17, 15) is 0 Å². The maximum absolute atomic E-state index is 6.35. The second kappa shape index (κ2) is 10.6. The van der Waals surface area contributed by atoms with Crippen LogP contribution >= 0.6 is 35.6 Å². The number of hydrogen-bond donors (Lipinski definition) is 2. The quantitative estimate of drug-likeness (QED) is 0.302. The van der Waals surface area contributed by atoms with Gasteiger partial charge in [0.1, 0.15) is 6.33 Å². The topological polar surface area (TPSA) is 72.4 Å². The highest BCUT2D eigenvalue weighted by Crippen LogP contribution is 2.26. The lowest BCUT2D eigenvalue weighted by atomic mass is 10.1. The Bertz CT molecular complexity index is 969. The van der Waals surface area contributed by atoms with E-state index in [0.29, 0.717) is 6.54 Å². The van der Waals surface area contributed by atoms with Crippen LogP contribution in [0, 0.1) is 0 Å². The molecule has 4 rings (SSSR count). The lowest BCUT2D eigenvalue weighted by Gasteiger charge is -2.38. The largest absolute Gasteiger partial charge is 0.367 e. The molecule has 2 heterocycles. The number of halogens is 2. The number of H-pyrrole nitrogens is 1. The van der Waals surface area contributed by atoms with Crippen molar-refractivity contribution in [2.75, 3.05) is 38.1 Å². The van der Waals surface area contributed by atoms with Crippen molar-refractivity contribution in [1.82, 2.24) is 25.4 Å². The maximum atomic E-state index is 6.35. The maximum Gasteiger partial charge on any atom is 0.194 e. The molecule has 30 heavy (non-hydrogen) atoms. The predicted molar refractivity (Wildman–Crippen MR) is 133 cm³/mol. The number of para-hydroxylation sites is 1. The van der Waals surface area contributed by atoms with Crippen molar-refractivity contribution in [3.8, 4) is 11.4 Å². The Labute approximate surface area is 198 Å². The Morgan fingerprint density at radius 1 is 1.13 bits per heavy atom. The summed E-state index contributed by atoms with van der Waals surface area (Å²) in [5.74, 6) is 1.68. The van der Waals surface area contributed by atoms with E-state index in [-0.39, 0.29) is 24.0 Å². The normalized spacial score (nSPS) is 14.4. The summed E-state index contributed by atoms with van der Waals surface area (Å²) < 4.78 is 0. The van der Waals surface area contributed by atoms with Crippen molar-refractivity contribution >= 4 is 47.2 Å². The van der Waals surface area contributed by atoms with Gasteiger partial charge in [0.15, 0.2) is 11.8 Å². The molecule has 1 fully saturated rings. The van der Waals surface area contributed by atoms with Gasteiger partial charge in [-0.15, -0.1) is 24.0 Å². The fourth-order valence-corrected chi connectivity index (χ4v) is 3.81. The molecule has 0 spiro atoms. The molecule has 0 amide bonds. The molecular weight excluding hydrogens is 513 g/mol. The van der Waals surface area contributed by atoms with Crippen molar-refractivity contribution in [1.29, 1.82) is 0 Å². The van der Waals surface area contributed by atoms with Crippen LogP contribution in [0.1, 0.15) is 5.56 Å². The van der Waals surface area contributed by atoms with Gasteiger partial charge in [-0.3, -0.25) is 10.1 Å². The van der Waals surface area contributed by atoms with Gasteiger partial charge in [-0.05, 0) is 23.8 Å². The number of aliphatic imine (C=N–C) groups is 1. The molecule has 0 bridgehead atoms. The zero-order chi connectivity index (χ0) is 20.1. The van der Waals surface area contributed by atoms with Crippen LogP contribution in [0.25, 0.3) is 11.4 Å². The van der Waals surface area contributed by atoms with E-state index in [0.717, 1.165) is 59.8 Å². The van der Waals surface area contributed by atoms with Crippen LogP contribution in [0.4, 0.5) is 5.69 Å². The second-order valence-electron chi connectivity index (χ2n) is 6.86. The van der Waals surface area contributed by atoms with Gasteiger partial charge in [-0.1, -0.05) is 41.9 Å². The molecule has 1 aliphatic heterocycles. The Hall–Kier alpha value is -2.33. The highest BCUT2D eigenvalue weighted by molar-refractivity contribution is 14.0. The number of guanidine groups is 1. The second-order valence-corrected chi connectivity index (χ2v) is 7.27. The van der Waals surface area contributed by atoms with Crippen LogP contribution in [-0.2, 0) is 6.54 Å². The van der Waals surface area contributed by atoms with Crippen molar-refractivity contribution < 1.29 is 0 Å². The fraction of sp³-hybridized carbons (Fsp3) is 0.286. The monoisotopic (exact) mass is 537 g/mol. The minimum atomic E-state index is 0. The van der Waals surface area contributed by atoms with Crippen LogP contribution < -0.4 is 10.2 Å². The van der Waals surface area contributed by atoms with Gasteiger partial charge in [0.25, 0.3) is 0 Å². The Morgan fingerprint density at radius 3 is 2.63 bits per heavy atom. The minimum Gasteiger partial charge on any atom is -0.367 e. The fourth-order valence-electron chi connectivity index (χ4n) is 3.55. The summed E-state index contributed by atoms with van der Waals surface area (Å²) in [6, 6.07) is 16.3. The number of rotatable bonds is 4. The molecular formula is C21H25ClIN7. The summed E-state index contributed by atoms with van der Waals surface area (Å²) in [5.41, 5.74) is 3.28. The van der Waals surface area contributed by atoms with Crippen molar-refractivity contribution in [2.45, 2.75) is 6.54 Å². The van der Waals surface area contributed by atoms with Gasteiger partial charge >= 0.3 is 0 Å². The number of aromatic amines is 1. The van der Waals surface area contributed by atoms with Crippen LogP contribution in [0.2, 0.25) is 5.02 Å². The Balaban J connectivity index is 0.00000256. The number of anilines is 1. The van der Waals surface area contributed by atoms with E-state index < -0.39 is 0 Å². The molecule has 1 aliphatic rings. The lowest BCUT2D eigenvalue weighted by Crippen LogP contribution is -2.52. The Morgan fingerprint density at radius 2 is 1.93 bits per heavy atom. The van der Waals surface area contributed by atoms with E-state index in [1.54, 1.807) is 0 Å². The molecule has 158 valence electrons. The highest BCUT2D eigenvalue weighted by atomic mass is 127. The number of benzene rings is 2. The van der Waals surface area contributed by atoms with E-state index in [1.807, 2.05) is 37.4 Å². The van der Waals surface area contributed by atoms with Crippen molar-refractivity contribution in [3.05, 3.63) is 65.4 Å². The third-order valence-electron chi connectivity index (χ3n) is 5.05. The molecule has 0 unspecified atom stereocenters. The highest BCUT2D eigenvalue weighted by Gasteiger charge is 2.21. The summed E-state index contributed by atoms with van der Waals surface area (Å²) in [6.07, 6.45) is 1.52. The third-order valence-corrected chi connectivity index (χ3v) is 5.37. The summed E-state index contributed by atoms with van der Waals surface area (Å²) in [5, 5.41) is 11.1. The average molecular weight is 538 g/mol. The number of nitrogens with zero attached hydrogens (tertiary/aromatic N) is 5. The average Bonchev–Trinajstić information content (AvgIpc) is 3.30. The van der Waals surface area contributed by atoms with Crippen LogP contribution in [0.3, 0.4) is 0 Å². The third kappa shape index (κ3) is 5.23. The van der Waals surface area contributed by atoms with E-state index in [2.05, 4.69) is 53.5 Å². The first kappa shape index (κ1) is 22.4. The molecule has 1 aromatic heterocycles. The predicted octanol–water partition coefficient (Wildman–Crippen LogP) is 3.64. The summed E-state index contributed by atoms with van der Waals surface area (Å²) in [4.78, 5) is 13.3. The van der Waals surface area contributed by atoms with Gasteiger partial charge < -0.3 is 15.1 Å². The summed E-state index contributed by atoms with van der Waals surface area (Å²) >= 11 is 6.35. The standard InChI is InChI=1S/C21H24ClN7.HI/c1-23-21(24-14-16-5-4-6-17(13-16)20-25-15-26-27-20)29-11-9-28(10-12-29)19-8-3-2-7-18(19)22;/h2-8,13,15H,9-12,14H2,1H3,(H,23,24)(H,25,26,27);1H. The van der Waals surface area contributed by atoms with Crippen molar-refractivity contribution in [3.63, 3.8) is 0 Å². The number of nitrogens with one attached hydrogen (secondary N) is 2. The molecule has 7 nitrogen and oxygen atoms in total. The van der Waals surface area contributed by atoms with Crippen LogP contribution in [0.15, 0.2) is 59.9 Å². The Kier molecular flexibility index (Phi) is 7.92. The van der Waals surface area contributed by atoms with Crippen LogP contribution in [-0.4, -0.2) is 59.3 Å². The first-order valence-electron chi connectivity index (χ1n) is 9.64. The molecule has 0 saturated carbocycles. The zero-order valence-electron chi connectivity index (χ0n) is 16.8. The zero-order valence-corrected chi connectivity index (χ0v) is 19.8. The number of piperazine rings is 1. The van der Waals surface area contributed by atoms with Crippen LogP contribution in [0.5, 0.6) is 0 Å². The summed E-state index contributed by atoms with van der Waals surface area (Å²) in [7, 11) is 1.83. The number of aromatic nitrogens is 3. The van der Waals surface area contributed by atoms with Gasteiger partial charge in [0.05, 0.1) is 10.7 Å². The minimum absolute atomic E-state index is 0. The molecule has 2 aromatic carbocycles. The molecule has 9 heteroatoms. The van der Waals surface area contributed by atoms with E-state index >= 15 is 0 Å². The molecule has 0 radical (unpaired) electrons. The van der Waals surface area contributed by atoms with Gasteiger partial charge in [0, 0.05) is 45.3 Å². The molecule has 0 atom stereocenters. The molecule has 0 aliphatic carbocycles. The molecule has 3 aromatic rings. The van der Waals surface area contributed by atoms with E-state index in [4.69, 9.17) is 11.6 Å². The molecule has 1 saturated heterocycles. The summed E-state index contributed by atoms with van der Waals surface area (Å²) in [6.45, 7) is 4.29. The van der Waals surface area contributed by atoms with Crippen molar-refractivity contribution in [2.24, 2.45) is 4.99 Å². The van der Waals surface area contributed by atoms with Gasteiger partial charge in [0.2, 0.25) is 0 Å². The lowest BCUT2D eigenvalue weighted by molar-refractivity contribution is 0.372. The molecule has 2 N–H and O–H groups in total. The van der Waals surface area contributed by atoms with Gasteiger partial charge in [-0.2, -0.15) is 5.10 Å². The first-order chi connectivity index (χ1) is 14.2. The SMILES string of the molecule is CN=C(NCc1cccc(-c2ncn[nH]2)c1)N1CCN(c2ccccc2Cl)CC1.I. The van der Waals surface area contributed by atoms with Gasteiger partial charge in [-0.25, -0.2) is 4.98 Å².